The normalized spacial score (nSPS) is 14.7. The standard InChI is InChI=1S/C20H23N3O4S/c1-4-22(5-2)15-10-11-17(14(3)12-15)21-19(24)13-23-20(25)16-8-6-7-9-18(16)28(23,26)27/h6-12H,4-5,13H2,1-3H3,(H,21,24). The Hall–Kier alpha value is -2.87. The molecular weight excluding hydrogens is 378 g/mol. The van der Waals surface area contributed by atoms with Crippen molar-refractivity contribution in [3.63, 3.8) is 0 Å². The Morgan fingerprint density at radius 2 is 1.79 bits per heavy atom. The number of amides is 2. The number of sulfonamides is 1. The van der Waals surface area contributed by atoms with E-state index in [0.29, 0.717) is 9.99 Å². The van der Waals surface area contributed by atoms with Gasteiger partial charge in [-0.15, -0.1) is 0 Å². The van der Waals surface area contributed by atoms with E-state index in [1.165, 1.54) is 12.1 Å². The Balaban J connectivity index is 1.76. The van der Waals surface area contributed by atoms with Gasteiger partial charge in [0.05, 0.1) is 5.56 Å². The second-order valence-electron chi connectivity index (χ2n) is 6.53. The van der Waals surface area contributed by atoms with Crippen molar-refractivity contribution in [1.82, 2.24) is 4.31 Å². The van der Waals surface area contributed by atoms with Crippen molar-refractivity contribution in [2.24, 2.45) is 0 Å². The zero-order valence-electron chi connectivity index (χ0n) is 16.1. The smallest absolute Gasteiger partial charge is 0.269 e. The molecule has 148 valence electrons. The summed E-state index contributed by atoms with van der Waals surface area (Å²) in [6.07, 6.45) is 0. The van der Waals surface area contributed by atoms with Crippen molar-refractivity contribution < 1.29 is 18.0 Å². The van der Waals surface area contributed by atoms with E-state index in [2.05, 4.69) is 24.1 Å². The molecule has 1 N–H and O–H groups in total. The summed E-state index contributed by atoms with van der Waals surface area (Å²) < 4.78 is 25.7. The summed E-state index contributed by atoms with van der Waals surface area (Å²) >= 11 is 0. The maximum absolute atomic E-state index is 12.6. The predicted octanol–water partition coefficient (Wildman–Crippen LogP) is 2.62. The third kappa shape index (κ3) is 3.47. The molecule has 0 atom stereocenters. The highest BCUT2D eigenvalue weighted by Gasteiger charge is 2.41. The van der Waals surface area contributed by atoms with Crippen LogP contribution < -0.4 is 10.2 Å². The van der Waals surface area contributed by atoms with E-state index in [4.69, 9.17) is 0 Å². The number of carbonyl (C=O) groups excluding carboxylic acids is 2. The van der Waals surface area contributed by atoms with E-state index >= 15 is 0 Å². The lowest BCUT2D eigenvalue weighted by molar-refractivity contribution is -0.116. The molecule has 7 nitrogen and oxygen atoms in total. The summed E-state index contributed by atoms with van der Waals surface area (Å²) in [6, 6.07) is 11.6. The molecule has 8 heteroatoms. The maximum Gasteiger partial charge on any atom is 0.269 e. The van der Waals surface area contributed by atoms with Gasteiger partial charge in [0, 0.05) is 24.5 Å². The molecule has 2 aromatic carbocycles. The van der Waals surface area contributed by atoms with E-state index in [1.807, 2.05) is 19.1 Å². The summed E-state index contributed by atoms with van der Waals surface area (Å²) in [5.74, 6) is -1.25. The van der Waals surface area contributed by atoms with Gasteiger partial charge in [-0.25, -0.2) is 12.7 Å². The quantitative estimate of drug-likeness (QED) is 0.804. The van der Waals surface area contributed by atoms with Crippen LogP contribution in [0, 0.1) is 6.92 Å². The van der Waals surface area contributed by atoms with E-state index < -0.39 is 28.4 Å². The fourth-order valence-electron chi connectivity index (χ4n) is 3.28. The lowest BCUT2D eigenvalue weighted by Crippen LogP contribution is -2.37. The highest BCUT2D eigenvalue weighted by atomic mass is 32.2. The van der Waals surface area contributed by atoms with Crippen LogP contribution in [-0.4, -0.2) is 44.2 Å². The number of benzene rings is 2. The second kappa shape index (κ2) is 7.63. The van der Waals surface area contributed by atoms with E-state index in [-0.39, 0.29) is 10.5 Å². The number of fused-ring (bicyclic) bond motifs is 1. The molecule has 0 saturated heterocycles. The molecule has 0 radical (unpaired) electrons. The average molecular weight is 401 g/mol. The molecule has 0 spiro atoms. The molecule has 1 aliphatic heterocycles. The van der Waals surface area contributed by atoms with Gasteiger partial charge in [0.2, 0.25) is 5.91 Å². The number of anilines is 2. The lowest BCUT2D eigenvalue weighted by atomic mass is 10.1. The van der Waals surface area contributed by atoms with Crippen LogP contribution >= 0.6 is 0 Å². The highest BCUT2D eigenvalue weighted by molar-refractivity contribution is 7.90. The highest BCUT2D eigenvalue weighted by Crippen LogP contribution is 2.30. The van der Waals surface area contributed by atoms with E-state index in [0.717, 1.165) is 24.3 Å². The summed E-state index contributed by atoms with van der Waals surface area (Å²) in [4.78, 5) is 27.0. The molecule has 0 saturated carbocycles. The van der Waals surface area contributed by atoms with Gasteiger partial charge in [0.25, 0.3) is 15.9 Å². The molecule has 2 amide bonds. The molecule has 1 aliphatic rings. The van der Waals surface area contributed by atoms with Crippen LogP contribution in [0.3, 0.4) is 0 Å². The van der Waals surface area contributed by atoms with Gasteiger partial charge < -0.3 is 10.2 Å². The molecule has 2 aromatic rings. The Morgan fingerprint density at radius 3 is 2.39 bits per heavy atom. The summed E-state index contributed by atoms with van der Waals surface area (Å²) in [6.45, 7) is 7.19. The fourth-order valence-corrected chi connectivity index (χ4v) is 4.81. The van der Waals surface area contributed by atoms with Gasteiger partial charge in [-0.2, -0.15) is 0 Å². The third-order valence-corrected chi connectivity index (χ3v) is 6.60. The Labute approximate surface area is 165 Å². The van der Waals surface area contributed by atoms with Gasteiger partial charge in [-0.3, -0.25) is 9.59 Å². The Morgan fingerprint density at radius 1 is 1.11 bits per heavy atom. The minimum Gasteiger partial charge on any atom is -0.372 e. The van der Waals surface area contributed by atoms with Crippen LogP contribution in [0.2, 0.25) is 0 Å². The fraction of sp³-hybridized carbons (Fsp3) is 0.300. The molecule has 0 aliphatic carbocycles. The number of nitrogens with one attached hydrogen (secondary N) is 1. The first-order valence-electron chi connectivity index (χ1n) is 9.11. The molecule has 0 aromatic heterocycles. The van der Waals surface area contributed by atoms with Crippen molar-refractivity contribution in [3.8, 4) is 0 Å². The Bertz CT molecular complexity index is 1030. The molecular formula is C20H23N3O4S. The van der Waals surface area contributed by atoms with E-state index in [1.54, 1.807) is 18.2 Å². The average Bonchev–Trinajstić information content (AvgIpc) is 2.86. The summed E-state index contributed by atoms with van der Waals surface area (Å²) in [5, 5.41) is 2.71. The number of hydrogen-bond acceptors (Lipinski definition) is 5. The van der Waals surface area contributed by atoms with Crippen molar-refractivity contribution in [2.45, 2.75) is 25.7 Å². The first kappa shape index (κ1) is 19.9. The van der Waals surface area contributed by atoms with Gasteiger partial charge in [-0.1, -0.05) is 12.1 Å². The summed E-state index contributed by atoms with van der Waals surface area (Å²) in [5.41, 5.74) is 2.59. The number of nitrogens with zero attached hydrogens (tertiary/aromatic N) is 2. The molecule has 3 rings (SSSR count). The largest absolute Gasteiger partial charge is 0.372 e. The summed E-state index contributed by atoms with van der Waals surface area (Å²) in [7, 11) is -4.00. The van der Waals surface area contributed by atoms with Crippen LogP contribution in [0.1, 0.15) is 29.8 Å². The van der Waals surface area contributed by atoms with E-state index in [9.17, 15) is 18.0 Å². The number of hydrogen-bond donors (Lipinski definition) is 1. The van der Waals surface area contributed by atoms with Gasteiger partial charge in [0.15, 0.2) is 0 Å². The first-order valence-corrected chi connectivity index (χ1v) is 10.5. The predicted molar refractivity (Wildman–Crippen MR) is 108 cm³/mol. The zero-order valence-corrected chi connectivity index (χ0v) is 16.9. The first-order chi connectivity index (χ1) is 13.3. The van der Waals surface area contributed by atoms with Crippen LogP contribution in [0.25, 0.3) is 0 Å². The third-order valence-electron chi connectivity index (χ3n) is 4.81. The zero-order chi connectivity index (χ0) is 20.5. The van der Waals surface area contributed by atoms with Gasteiger partial charge in [0.1, 0.15) is 11.4 Å². The lowest BCUT2D eigenvalue weighted by Gasteiger charge is -2.22. The molecule has 0 bridgehead atoms. The number of carbonyl (C=O) groups is 2. The van der Waals surface area contributed by atoms with Crippen molar-refractivity contribution >= 4 is 33.2 Å². The van der Waals surface area contributed by atoms with Gasteiger partial charge >= 0.3 is 0 Å². The minimum atomic E-state index is -4.00. The maximum atomic E-state index is 12.6. The Kier molecular flexibility index (Phi) is 5.42. The number of rotatable bonds is 6. The SMILES string of the molecule is CCN(CC)c1ccc(NC(=O)CN2C(=O)c3ccccc3S2(=O)=O)c(C)c1. The van der Waals surface area contributed by atoms with Crippen molar-refractivity contribution in [1.29, 1.82) is 0 Å². The topological polar surface area (TPSA) is 86.8 Å². The second-order valence-corrected chi connectivity index (χ2v) is 8.36. The minimum absolute atomic E-state index is 0.0624. The van der Waals surface area contributed by atoms with Crippen LogP contribution in [-0.2, 0) is 14.8 Å². The van der Waals surface area contributed by atoms with Crippen molar-refractivity contribution in [2.75, 3.05) is 29.9 Å². The van der Waals surface area contributed by atoms with Crippen LogP contribution in [0.15, 0.2) is 47.4 Å². The van der Waals surface area contributed by atoms with Crippen LogP contribution in [0.4, 0.5) is 11.4 Å². The molecule has 0 unspecified atom stereocenters. The van der Waals surface area contributed by atoms with Gasteiger partial charge in [-0.05, 0) is 56.7 Å². The molecule has 28 heavy (non-hydrogen) atoms. The number of aryl methyl sites for hydroxylation is 1. The monoisotopic (exact) mass is 401 g/mol. The molecule has 0 fully saturated rings. The van der Waals surface area contributed by atoms with Crippen molar-refractivity contribution in [3.05, 3.63) is 53.6 Å². The molecule has 1 heterocycles. The van der Waals surface area contributed by atoms with Crippen LogP contribution in [0.5, 0.6) is 0 Å².